The monoisotopic (exact) mass is 461 g/mol. The number of amides is 1. The maximum Gasteiger partial charge on any atom is 0.433 e. The van der Waals surface area contributed by atoms with Crippen LogP contribution in [0.2, 0.25) is 0 Å². The van der Waals surface area contributed by atoms with Crippen molar-refractivity contribution in [1.82, 2.24) is 5.32 Å². The number of fused-ring (bicyclic) bond motifs is 5. The van der Waals surface area contributed by atoms with E-state index >= 15 is 0 Å². The van der Waals surface area contributed by atoms with Gasteiger partial charge in [-0.05, 0) is 111 Å². The minimum absolute atomic E-state index is 0.0817. The molecule has 188 valence electrons. The number of rotatable bonds is 5. The van der Waals surface area contributed by atoms with Gasteiger partial charge in [-0.25, -0.2) is 4.79 Å². The Morgan fingerprint density at radius 2 is 1.79 bits per heavy atom. The van der Waals surface area contributed by atoms with E-state index < -0.39 is 6.09 Å². The summed E-state index contributed by atoms with van der Waals surface area (Å²) in [4.78, 5) is 17.4. The van der Waals surface area contributed by atoms with Crippen LogP contribution in [0.1, 0.15) is 92.4 Å². The van der Waals surface area contributed by atoms with E-state index in [-0.39, 0.29) is 16.9 Å². The van der Waals surface area contributed by atoms with E-state index in [1.165, 1.54) is 38.5 Å². The normalized spacial score (nSPS) is 43.3. The van der Waals surface area contributed by atoms with Crippen LogP contribution < -0.4 is 11.1 Å². The lowest BCUT2D eigenvalue weighted by atomic mass is 9.44. The highest BCUT2D eigenvalue weighted by atomic mass is 16.7. The minimum Gasteiger partial charge on any atom is -0.393 e. The molecule has 4 aliphatic rings. The lowest BCUT2D eigenvalue weighted by Crippen LogP contribution is -2.54. The number of nitrogens with one attached hydrogen (secondary N) is 1. The van der Waals surface area contributed by atoms with Crippen molar-refractivity contribution >= 4 is 11.8 Å². The lowest BCUT2D eigenvalue weighted by molar-refractivity contribution is -0.123. The summed E-state index contributed by atoms with van der Waals surface area (Å²) in [7, 11) is 0. The second-order valence-corrected chi connectivity index (χ2v) is 13.1. The number of oxime groups is 1. The average molecular weight is 462 g/mol. The third-order valence-corrected chi connectivity index (χ3v) is 10.7. The topological polar surface area (TPSA) is 96.9 Å². The van der Waals surface area contributed by atoms with Crippen LogP contribution in [0.5, 0.6) is 0 Å². The van der Waals surface area contributed by atoms with Crippen LogP contribution in [-0.2, 0) is 4.84 Å². The van der Waals surface area contributed by atoms with Gasteiger partial charge in [0.2, 0.25) is 0 Å². The van der Waals surface area contributed by atoms with Gasteiger partial charge in [0.25, 0.3) is 0 Å². The van der Waals surface area contributed by atoms with Crippen molar-refractivity contribution in [3.8, 4) is 0 Å². The zero-order chi connectivity index (χ0) is 24.0. The summed E-state index contributed by atoms with van der Waals surface area (Å²) in [5, 5.41) is 17.4. The second kappa shape index (κ2) is 9.14. The summed E-state index contributed by atoms with van der Waals surface area (Å²) in [6, 6.07) is 0. The molecule has 0 aromatic heterocycles. The van der Waals surface area contributed by atoms with Crippen molar-refractivity contribution < 1.29 is 14.7 Å². The fraction of sp³-hybridized carbons (Fsp3) is 0.926. The van der Waals surface area contributed by atoms with Crippen molar-refractivity contribution in [2.45, 2.75) is 98.5 Å². The Morgan fingerprint density at radius 3 is 2.52 bits per heavy atom. The molecule has 0 aliphatic heterocycles. The molecule has 33 heavy (non-hydrogen) atoms. The number of aliphatic hydroxyl groups excluding tert-OH is 1. The van der Waals surface area contributed by atoms with Crippen LogP contribution in [0.15, 0.2) is 5.16 Å². The minimum atomic E-state index is -0.495. The number of hydrogen-bond acceptors (Lipinski definition) is 5. The van der Waals surface area contributed by atoms with E-state index in [0.29, 0.717) is 30.3 Å². The third kappa shape index (κ3) is 4.59. The van der Waals surface area contributed by atoms with E-state index in [4.69, 9.17) is 10.6 Å². The van der Waals surface area contributed by atoms with Crippen molar-refractivity contribution in [1.29, 1.82) is 0 Å². The molecule has 0 spiro atoms. The van der Waals surface area contributed by atoms with Crippen LogP contribution in [0.4, 0.5) is 4.79 Å². The highest BCUT2D eigenvalue weighted by Crippen LogP contribution is 2.67. The molecule has 4 aliphatic carbocycles. The van der Waals surface area contributed by atoms with Gasteiger partial charge in [0.1, 0.15) is 0 Å². The molecular formula is C27H47N3O3. The molecule has 8 atom stereocenters. The third-order valence-electron chi connectivity index (χ3n) is 10.7. The highest BCUT2D eigenvalue weighted by molar-refractivity contribution is 5.85. The molecule has 0 saturated heterocycles. The number of nitrogens with zero attached hydrogens (tertiary/aromatic N) is 1. The molecule has 4 saturated carbocycles. The fourth-order valence-corrected chi connectivity index (χ4v) is 8.51. The number of nitrogens with two attached hydrogens (primary N) is 1. The van der Waals surface area contributed by atoms with Crippen molar-refractivity contribution in [2.24, 2.45) is 56.7 Å². The second-order valence-electron chi connectivity index (χ2n) is 13.1. The maximum absolute atomic E-state index is 12.2. The van der Waals surface area contributed by atoms with Gasteiger partial charge >= 0.3 is 6.09 Å². The van der Waals surface area contributed by atoms with Crippen molar-refractivity contribution in [2.75, 3.05) is 13.1 Å². The van der Waals surface area contributed by atoms with Crippen molar-refractivity contribution in [3.63, 3.8) is 0 Å². The van der Waals surface area contributed by atoms with E-state index in [1.807, 2.05) is 20.8 Å². The van der Waals surface area contributed by atoms with Crippen LogP contribution >= 0.6 is 0 Å². The number of carbonyl (C=O) groups is 1. The quantitative estimate of drug-likeness (QED) is 0.302. The maximum atomic E-state index is 12.2. The smallest absolute Gasteiger partial charge is 0.393 e. The number of carbonyl (C=O) groups excluding carboxylic acids is 1. The molecule has 0 radical (unpaired) electrons. The molecule has 1 amide bonds. The van der Waals surface area contributed by atoms with Crippen LogP contribution in [-0.4, -0.2) is 36.1 Å². The predicted molar refractivity (Wildman–Crippen MR) is 132 cm³/mol. The Bertz CT molecular complexity index is 768. The molecule has 0 aromatic carbocycles. The molecule has 0 aromatic rings. The van der Waals surface area contributed by atoms with E-state index in [9.17, 15) is 9.90 Å². The number of aliphatic hydroxyl groups is 1. The largest absolute Gasteiger partial charge is 0.433 e. The van der Waals surface area contributed by atoms with Gasteiger partial charge in [-0.3, -0.25) is 4.84 Å². The van der Waals surface area contributed by atoms with Gasteiger partial charge in [0, 0.05) is 12.5 Å². The van der Waals surface area contributed by atoms with Gasteiger partial charge in [-0.2, -0.15) is 0 Å². The standard InChI is InChI=1S/C27H47N3O3/c1-17(30-33-24(32)29-16-25(2,3)15-28)21-8-9-22-20-7-6-18-14-19(31)10-12-26(18,4)23(20)11-13-27(21,22)5/h18-23,31H,6-16,28H2,1-5H3,(H,29,32)/b30-17+/t18-,19+,20+,21-,22+,23+,26+,27-/m1/s1. The van der Waals surface area contributed by atoms with Gasteiger partial charge in [0.05, 0.1) is 11.8 Å². The molecule has 4 fully saturated rings. The summed E-state index contributed by atoms with van der Waals surface area (Å²) < 4.78 is 0. The van der Waals surface area contributed by atoms with E-state index in [2.05, 4.69) is 24.3 Å². The summed E-state index contributed by atoms with van der Waals surface area (Å²) in [6.07, 6.45) is 10.1. The molecule has 6 heteroatoms. The highest BCUT2D eigenvalue weighted by Gasteiger charge is 2.60. The first-order chi connectivity index (χ1) is 15.5. The lowest BCUT2D eigenvalue weighted by Gasteiger charge is -2.61. The average Bonchev–Trinajstić information content (AvgIpc) is 3.14. The summed E-state index contributed by atoms with van der Waals surface area (Å²) in [5.74, 6) is 3.40. The summed E-state index contributed by atoms with van der Waals surface area (Å²) in [5.41, 5.74) is 7.20. The fourth-order valence-electron chi connectivity index (χ4n) is 8.51. The molecule has 0 bridgehead atoms. The van der Waals surface area contributed by atoms with E-state index in [0.717, 1.165) is 42.7 Å². The van der Waals surface area contributed by atoms with Gasteiger partial charge in [-0.15, -0.1) is 0 Å². The van der Waals surface area contributed by atoms with Crippen LogP contribution in [0.25, 0.3) is 0 Å². The number of hydrogen-bond donors (Lipinski definition) is 3. The molecule has 6 nitrogen and oxygen atoms in total. The van der Waals surface area contributed by atoms with Gasteiger partial charge in [0.15, 0.2) is 0 Å². The van der Waals surface area contributed by atoms with E-state index in [1.54, 1.807) is 0 Å². The first kappa shape index (κ1) is 25.0. The summed E-state index contributed by atoms with van der Waals surface area (Å²) >= 11 is 0. The van der Waals surface area contributed by atoms with Crippen LogP contribution in [0, 0.1) is 45.8 Å². The molecule has 0 heterocycles. The summed E-state index contributed by atoms with van der Waals surface area (Å²) in [6.45, 7) is 12.1. The van der Waals surface area contributed by atoms with Gasteiger partial charge < -0.3 is 16.2 Å². The predicted octanol–water partition coefficient (Wildman–Crippen LogP) is 5.09. The zero-order valence-corrected chi connectivity index (χ0v) is 21.5. The molecular weight excluding hydrogens is 414 g/mol. The Labute approximate surface area is 200 Å². The Balaban J connectivity index is 1.41. The Kier molecular flexibility index (Phi) is 6.92. The SMILES string of the molecule is C/C(=N\OC(=O)NCC(C)(C)CN)[C@H]1CC[C@H]2[C@@H]3CC[C@@H]4C[C@@H](O)CC[C@]4(C)[C@H]3CC[C@]12C. The van der Waals surface area contributed by atoms with Crippen LogP contribution in [0.3, 0.4) is 0 Å². The molecule has 4 N–H and O–H groups in total. The first-order valence-corrected chi connectivity index (χ1v) is 13.4. The Morgan fingerprint density at radius 1 is 1.09 bits per heavy atom. The van der Waals surface area contributed by atoms with Crippen molar-refractivity contribution in [3.05, 3.63) is 0 Å². The Hall–Kier alpha value is -1.14. The molecule has 4 rings (SSSR count). The molecule has 0 unspecified atom stereocenters. The first-order valence-electron chi connectivity index (χ1n) is 13.4. The van der Waals surface area contributed by atoms with Gasteiger partial charge in [-0.1, -0.05) is 32.9 Å². The zero-order valence-electron chi connectivity index (χ0n) is 21.5.